The average molecular weight is 240 g/mol. The second-order valence-electron chi connectivity index (χ2n) is 2.24. The first-order chi connectivity index (χ1) is 6.04. The Balaban J connectivity index is 3.34. The van der Waals surface area contributed by atoms with Crippen molar-refractivity contribution >= 4 is 40.5 Å². The summed E-state index contributed by atoms with van der Waals surface area (Å²) in [6, 6.07) is 4.44. The highest BCUT2D eigenvalue weighted by molar-refractivity contribution is 6.44. The standard InChI is InChI=1S/C7H4Cl3NO2/c8-5-3-1-2-4(7(9)10)6(5)11(12)13/h1-3,7H. The van der Waals surface area contributed by atoms with Crippen molar-refractivity contribution in [1.29, 1.82) is 0 Å². The van der Waals surface area contributed by atoms with Crippen LogP contribution in [0.15, 0.2) is 18.2 Å². The smallest absolute Gasteiger partial charge is 0.258 e. The Morgan fingerprint density at radius 3 is 2.38 bits per heavy atom. The number of hydrogen-bond acceptors (Lipinski definition) is 2. The van der Waals surface area contributed by atoms with E-state index < -0.39 is 9.76 Å². The minimum Gasteiger partial charge on any atom is -0.258 e. The molecule has 0 amide bonds. The molecule has 13 heavy (non-hydrogen) atoms. The van der Waals surface area contributed by atoms with Crippen molar-refractivity contribution in [2.75, 3.05) is 0 Å². The van der Waals surface area contributed by atoms with Gasteiger partial charge in [-0.3, -0.25) is 10.1 Å². The maximum Gasteiger partial charge on any atom is 0.293 e. The minimum atomic E-state index is -0.945. The molecule has 1 aromatic rings. The van der Waals surface area contributed by atoms with Crippen LogP contribution in [0.1, 0.15) is 10.4 Å². The number of rotatable bonds is 2. The van der Waals surface area contributed by atoms with E-state index in [0.717, 1.165) is 0 Å². The fourth-order valence-corrected chi connectivity index (χ4v) is 1.50. The van der Waals surface area contributed by atoms with Gasteiger partial charge in [0.25, 0.3) is 5.69 Å². The molecule has 0 aromatic heterocycles. The summed E-state index contributed by atoms with van der Waals surface area (Å²) in [5, 5.41) is 10.6. The highest BCUT2D eigenvalue weighted by Crippen LogP contribution is 2.36. The zero-order chi connectivity index (χ0) is 10.0. The molecule has 0 N–H and O–H groups in total. The highest BCUT2D eigenvalue weighted by Gasteiger charge is 2.21. The van der Waals surface area contributed by atoms with E-state index in [9.17, 15) is 10.1 Å². The summed E-state index contributed by atoms with van der Waals surface area (Å²) in [5.74, 6) is 0. The van der Waals surface area contributed by atoms with E-state index in [1.165, 1.54) is 12.1 Å². The van der Waals surface area contributed by atoms with E-state index in [1.54, 1.807) is 6.07 Å². The quantitative estimate of drug-likeness (QED) is 0.449. The summed E-state index contributed by atoms with van der Waals surface area (Å²) in [6.45, 7) is 0. The molecule has 6 heteroatoms. The first-order valence-electron chi connectivity index (χ1n) is 3.25. The van der Waals surface area contributed by atoms with Crippen LogP contribution in [-0.2, 0) is 0 Å². The van der Waals surface area contributed by atoms with Crippen LogP contribution >= 0.6 is 34.8 Å². The van der Waals surface area contributed by atoms with Crippen molar-refractivity contribution in [2.24, 2.45) is 0 Å². The monoisotopic (exact) mass is 239 g/mol. The molecule has 70 valence electrons. The molecule has 0 spiro atoms. The summed E-state index contributed by atoms with van der Waals surface area (Å²) in [7, 11) is 0. The van der Waals surface area contributed by atoms with Crippen LogP contribution in [0.2, 0.25) is 5.02 Å². The Bertz CT molecular complexity index is 341. The lowest BCUT2D eigenvalue weighted by Gasteiger charge is -2.03. The third-order valence-corrected chi connectivity index (χ3v) is 2.21. The summed E-state index contributed by atoms with van der Waals surface area (Å²) in [6.07, 6.45) is 0. The molecule has 0 saturated heterocycles. The lowest BCUT2D eigenvalue weighted by atomic mass is 10.2. The number of hydrogen-bond donors (Lipinski definition) is 0. The first kappa shape index (κ1) is 10.6. The molecule has 0 atom stereocenters. The van der Waals surface area contributed by atoms with Gasteiger partial charge in [0.1, 0.15) is 9.86 Å². The number of nitro benzene ring substituents is 1. The Hall–Kier alpha value is -0.510. The molecule has 3 nitrogen and oxygen atoms in total. The first-order valence-corrected chi connectivity index (χ1v) is 4.50. The van der Waals surface area contributed by atoms with Gasteiger partial charge in [0.2, 0.25) is 0 Å². The molecule has 1 rings (SSSR count). The van der Waals surface area contributed by atoms with Crippen LogP contribution in [-0.4, -0.2) is 4.92 Å². The third-order valence-electron chi connectivity index (χ3n) is 1.44. The number of para-hydroxylation sites is 1. The topological polar surface area (TPSA) is 43.1 Å². The highest BCUT2D eigenvalue weighted by atomic mass is 35.5. The van der Waals surface area contributed by atoms with E-state index in [1.807, 2.05) is 0 Å². The maximum atomic E-state index is 10.6. The van der Waals surface area contributed by atoms with Gasteiger partial charge in [0.05, 0.1) is 10.5 Å². The Labute approximate surface area is 89.4 Å². The second-order valence-corrected chi connectivity index (χ2v) is 3.74. The molecule has 0 saturated carbocycles. The maximum absolute atomic E-state index is 10.6. The largest absolute Gasteiger partial charge is 0.293 e. The number of halogens is 3. The number of benzene rings is 1. The molecule has 0 heterocycles. The van der Waals surface area contributed by atoms with Crippen molar-refractivity contribution in [2.45, 2.75) is 4.84 Å². The van der Waals surface area contributed by atoms with Crippen LogP contribution < -0.4 is 0 Å². The molecule has 0 aliphatic heterocycles. The number of alkyl halides is 2. The molecule has 0 aliphatic carbocycles. The summed E-state index contributed by atoms with van der Waals surface area (Å²) < 4.78 is 0. The van der Waals surface area contributed by atoms with Crippen molar-refractivity contribution < 1.29 is 4.92 Å². The molecule has 0 fully saturated rings. The summed E-state index contributed by atoms with van der Waals surface area (Å²) in [5.41, 5.74) is -0.0278. The van der Waals surface area contributed by atoms with Crippen LogP contribution in [0.4, 0.5) is 5.69 Å². The van der Waals surface area contributed by atoms with Crippen molar-refractivity contribution in [3.63, 3.8) is 0 Å². The summed E-state index contributed by atoms with van der Waals surface area (Å²) in [4.78, 5) is 9.00. The Kier molecular flexibility index (Phi) is 3.36. The van der Waals surface area contributed by atoms with E-state index in [2.05, 4.69) is 0 Å². The van der Waals surface area contributed by atoms with Crippen LogP contribution in [0.25, 0.3) is 0 Å². The predicted molar refractivity (Wildman–Crippen MR) is 52.6 cm³/mol. The summed E-state index contributed by atoms with van der Waals surface area (Å²) >= 11 is 16.7. The molecule has 0 unspecified atom stereocenters. The van der Waals surface area contributed by atoms with E-state index >= 15 is 0 Å². The van der Waals surface area contributed by atoms with E-state index in [-0.39, 0.29) is 16.3 Å². The fraction of sp³-hybridized carbons (Fsp3) is 0.143. The Morgan fingerprint density at radius 1 is 1.38 bits per heavy atom. The molecular formula is C7H4Cl3NO2. The van der Waals surface area contributed by atoms with Crippen LogP contribution in [0.5, 0.6) is 0 Å². The predicted octanol–water partition coefficient (Wildman–Crippen LogP) is 3.72. The number of nitro groups is 1. The molecule has 0 aliphatic rings. The zero-order valence-corrected chi connectivity index (χ0v) is 8.47. The third kappa shape index (κ3) is 2.24. The fourth-order valence-electron chi connectivity index (χ4n) is 0.901. The van der Waals surface area contributed by atoms with Gasteiger partial charge >= 0.3 is 0 Å². The molecule has 1 aromatic carbocycles. The molecule has 0 radical (unpaired) electrons. The van der Waals surface area contributed by atoms with Crippen molar-refractivity contribution in [3.05, 3.63) is 38.9 Å². The van der Waals surface area contributed by atoms with Crippen molar-refractivity contribution in [3.8, 4) is 0 Å². The van der Waals surface area contributed by atoms with Gasteiger partial charge in [-0.1, -0.05) is 40.9 Å². The van der Waals surface area contributed by atoms with E-state index in [4.69, 9.17) is 34.8 Å². The minimum absolute atomic E-state index is 0.0359. The lowest BCUT2D eigenvalue weighted by Crippen LogP contribution is -1.95. The molecular weight excluding hydrogens is 236 g/mol. The van der Waals surface area contributed by atoms with Gasteiger partial charge in [0.15, 0.2) is 0 Å². The van der Waals surface area contributed by atoms with Gasteiger partial charge in [0, 0.05) is 0 Å². The van der Waals surface area contributed by atoms with Crippen LogP contribution in [0, 0.1) is 10.1 Å². The van der Waals surface area contributed by atoms with Crippen molar-refractivity contribution in [1.82, 2.24) is 0 Å². The van der Waals surface area contributed by atoms with Gasteiger partial charge in [-0.25, -0.2) is 0 Å². The second kappa shape index (κ2) is 4.13. The van der Waals surface area contributed by atoms with Crippen LogP contribution in [0.3, 0.4) is 0 Å². The van der Waals surface area contributed by atoms with Gasteiger partial charge in [-0.2, -0.15) is 0 Å². The Morgan fingerprint density at radius 2 is 2.00 bits per heavy atom. The normalized spacial score (nSPS) is 10.5. The lowest BCUT2D eigenvalue weighted by molar-refractivity contribution is -0.385. The van der Waals surface area contributed by atoms with Gasteiger partial charge < -0.3 is 0 Å². The average Bonchev–Trinajstić information content (AvgIpc) is 2.02. The van der Waals surface area contributed by atoms with Gasteiger partial charge in [-0.05, 0) is 12.1 Å². The van der Waals surface area contributed by atoms with Gasteiger partial charge in [-0.15, -0.1) is 0 Å². The van der Waals surface area contributed by atoms with E-state index in [0.29, 0.717) is 0 Å². The zero-order valence-electron chi connectivity index (χ0n) is 6.21. The number of nitrogens with zero attached hydrogens (tertiary/aromatic N) is 1. The molecule has 0 bridgehead atoms. The SMILES string of the molecule is O=[N+]([O-])c1c(Cl)cccc1C(Cl)Cl.